The number of nitrogens with zero attached hydrogens (tertiary/aromatic N) is 2. The van der Waals surface area contributed by atoms with Gasteiger partial charge >= 0.3 is 0 Å². The summed E-state index contributed by atoms with van der Waals surface area (Å²) in [5.74, 6) is 0. The first kappa shape index (κ1) is 11.3. The zero-order valence-electron chi connectivity index (χ0n) is 9.56. The zero-order chi connectivity index (χ0) is 11.5. The van der Waals surface area contributed by atoms with Gasteiger partial charge in [0.2, 0.25) is 0 Å². The van der Waals surface area contributed by atoms with Crippen molar-refractivity contribution in [3.05, 3.63) is 32.4 Å². The third kappa shape index (κ3) is 3.34. The van der Waals surface area contributed by atoms with Gasteiger partial charge in [0, 0.05) is 30.3 Å². The van der Waals surface area contributed by atoms with Crippen LogP contribution in [0, 0.1) is 0 Å². The molecule has 17 heavy (non-hydrogen) atoms. The van der Waals surface area contributed by atoms with E-state index in [9.17, 15) is 0 Å². The van der Waals surface area contributed by atoms with Crippen molar-refractivity contribution in [3.8, 4) is 0 Å². The normalized spacial score (nSPS) is 15.3. The van der Waals surface area contributed by atoms with Crippen molar-refractivity contribution in [1.82, 2.24) is 15.5 Å². The molecule has 90 valence electrons. The summed E-state index contributed by atoms with van der Waals surface area (Å²) in [6.07, 6.45) is 4.64. The van der Waals surface area contributed by atoms with E-state index in [1.165, 1.54) is 17.7 Å². The Morgan fingerprint density at radius 3 is 2.94 bits per heavy atom. The molecule has 0 saturated heterocycles. The van der Waals surface area contributed by atoms with E-state index >= 15 is 0 Å². The minimum atomic E-state index is 0.786. The van der Waals surface area contributed by atoms with Gasteiger partial charge in [-0.2, -0.15) is 0 Å². The second-order valence-electron chi connectivity index (χ2n) is 4.32. The summed E-state index contributed by atoms with van der Waals surface area (Å²) >= 11 is 3.53. The van der Waals surface area contributed by atoms with Gasteiger partial charge in [-0.15, -0.1) is 32.9 Å². The molecule has 0 amide bonds. The molecule has 1 aliphatic carbocycles. The Bertz CT molecular complexity index is 460. The summed E-state index contributed by atoms with van der Waals surface area (Å²) in [4.78, 5) is 1.36. The van der Waals surface area contributed by atoms with E-state index < -0.39 is 0 Å². The number of hydrogen-bond donors (Lipinski definition) is 1. The average molecular weight is 265 g/mol. The Morgan fingerprint density at radius 2 is 2.18 bits per heavy atom. The largest absolute Gasteiger partial charge is 0.314 e. The van der Waals surface area contributed by atoms with E-state index in [4.69, 9.17) is 0 Å². The van der Waals surface area contributed by atoms with Crippen LogP contribution in [0.2, 0.25) is 0 Å². The van der Waals surface area contributed by atoms with Gasteiger partial charge in [-0.25, -0.2) is 0 Å². The first-order valence-electron chi connectivity index (χ1n) is 5.97. The van der Waals surface area contributed by atoms with Crippen molar-refractivity contribution in [2.75, 3.05) is 6.54 Å². The highest BCUT2D eigenvalue weighted by molar-refractivity contribution is 7.12. The molecular formula is C12H15N3S2. The van der Waals surface area contributed by atoms with Crippen molar-refractivity contribution in [2.24, 2.45) is 0 Å². The van der Waals surface area contributed by atoms with Gasteiger partial charge in [0.1, 0.15) is 10.0 Å². The second kappa shape index (κ2) is 5.25. The van der Waals surface area contributed by atoms with Gasteiger partial charge in [0.25, 0.3) is 0 Å². The highest BCUT2D eigenvalue weighted by atomic mass is 32.1. The van der Waals surface area contributed by atoms with E-state index in [2.05, 4.69) is 33.0 Å². The summed E-state index contributed by atoms with van der Waals surface area (Å²) < 4.78 is 0. The van der Waals surface area contributed by atoms with Gasteiger partial charge in [-0.3, -0.25) is 0 Å². The van der Waals surface area contributed by atoms with Crippen LogP contribution in [-0.2, 0) is 12.8 Å². The molecule has 0 radical (unpaired) electrons. The Hall–Kier alpha value is -0.780. The quantitative estimate of drug-likeness (QED) is 0.872. The van der Waals surface area contributed by atoms with Crippen LogP contribution in [0.15, 0.2) is 17.5 Å². The van der Waals surface area contributed by atoms with Crippen LogP contribution in [0.1, 0.15) is 27.7 Å². The lowest BCUT2D eigenvalue weighted by Gasteiger charge is -1.97. The van der Waals surface area contributed by atoms with Crippen LogP contribution >= 0.6 is 22.7 Å². The number of nitrogens with one attached hydrogen (secondary N) is 1. The highest BCUT2D eigenvalue weighted by Crippen LogP contribution is 2.20. The number of rotatable bonds is 6. The van der Waals surface area contributed by atoms with E-state index in [0.29, 0.717) is 0 Å². The maximum atomic E-state index is 4.25. The Balaban J connectivity index is 1.50. The molecule has 0 unspecified atom stereocenters. The molecule has 1 aliphatic rings. The Morgan fingerprint density at radius 1 is 1.29 bits per heavy atom. The van der Waals surface area contributed by atoms with Crippen LogP contribution in [0.4, 0.5) is 0 Å². The van der Waals surface area contributed by atoms with Gasteiger partial charge in [0.05, 0.1) is 0 Å². The van der Waals surface area contributed by atoms with Crippen molar-refractivity contribution in [2.45, 2.75) is 31.7 Å². The molecule has 2 aromatic rings. The lowest BCUT2D eigenvalue weighted by molar-refractivity contribution is 0.677. The molecule has 0 aliphatic heterocycles. The summed E-state index contributed by atoms with van der Waals surface area (Å²) in [6, 6.07) is 5.02. The molecule has 0 atom stereocenters. The summed E-state index contributed by atoms with van der Waals surface area (Å²) in [6.45, 7) is 1.04. The molecule has 2 aromatic heterocycles. The van der Waals surface area contributed by atoms with E-state index in [0.717, 1.165) is 35.4 Å². The minimum absolute atomic E-state index is 0.786. The maximum absolute atomic E-state index is 4.25. The molecule has 2 heterocycles. The van der Waals surface area contributed by atoms with Gasteiger partial charge in [-0.05, 0) is 24.3 Å². The van der Waals surface area contributed by atoms with Crippen LogP contribution < -0.4 is 5.32 Å². The molecule has 3 nitrogen and oxygen atoms in total. The predicted octanol–water partition coefficient (Wildman–Crippen LogP) is 2.48. The van der Waals surface area contributed by atoms with E-state index in [-0.39, 0.29) is 0 Å². The number of hydrogen-bond acceptors (Lipinski definition) is 5. The number of aromatic nitrogens is 2. The van der Waals surface area contributed by atoms with Crippen LogP contribution in [0.5, 0.6) is 0 Å². The van der Waals surface area contributed by atoms with Crippen LogP contribution in [0.3, 0.4) is 0 Å². The summed E-state index contributed by atoms with van der Waals surface area (Å²) in [5, 5.41) is 16.4. The second-order valence-corrected chi connectivity index (χ2v) is 6.50. The van der Waals surface area contributed by atoms with E-state index in [1.807, 2.05) is 0 Å². The van der Waals surface area contributed by atoms with Crippen LogP contribution in [0.25, 0.3) is 0 Å². The van der Waals surface area contributed by atoms with Crippen molar-refractivity contribution < 1.29 is 0 Å². The Labute approximate surface area is 109 Å². The Kier molecular flexibility index (Phi) is 3.49. The van der Waals surface area contributed by atoms with Crippen molar-refractivity contribution in [1.29, 1.82) is 0 Å². The maximum Gasteiger partial charge on any atom is 0.122 e. The van der Waals surface area contributed by atoms with Gasteiger partial charge < -0.3 is 5.32 Å². The average Bonchev–Trinajstić information content (AvgIpc) is 2.83. The zero-order valence-corrected chi connectivity index (χ0v) is 11.2. The SMILES string of the molecule is c1csc(Cc2nnc(CCNC3CC3)s2)c1. The van der Waals surface area contributed by atoms with E-state index in [1.54, 1.807) is 22.7 Å². The highest BCUT2D eigenvalue weighted by Gasteiger charge is 2.19. The lowest BCUT2D eigenvalue weighted by Crippen LogP contribution is -2.19. The molecule has 1 saturated carbocycles. The molecule has 0 spiro atoms. The molecule has 3 rings (SSSR count). The molecule has 5 heteroatoms. The monoisotopic (exact) mass is 265 g/mol. The fourth-order valence-corrected chi connectivity index (χ4v) is 3.36. The van der Waals surface area contributed by atoms with Crippen LogP contribution in [-0.4, -0.2) is 22.8 Å². The standard InChI is InChI=1S/C12H15N3S2/c1-2-10(16-7-1)8-12-15-14-11(17-12)5-6-13-9-3-4-9/h1-2,7,9,13H,3-6,8H2. The summed E-state index contributed by atoms with van der Waals surface area (Å²) in [7, 11) is 0. The van der Waals surface area contributed by atoms with Crippen molar-refractivity contribution >= 4 is 22.7 Å². The molecule has 1 N–H and O–H groups in total. The molecule has 1 fully saturated rings. The first-order chi connectivity index (χ1) is 8.40. The lowest BCUT2D eigenvalue weighted by atomic mass is 10.4. The predicted molar refractivity (Wildman–Crippen MR) is 71.8 cm³/mol. The van der Waals surface area contributed by atoms with Gasteiger partial charge in [-0.1, -0.05) is 6.07 Å². The van der Waals surface area contributed by atoms with Gasteiger partial charge in [0.15, 0.2) is 0 Å². The molecule has 0 bridgehead atoms. The topological polar surface area (TPSA) is 37.8 Å². The number of thiophene rings is 1. The summed E-state index contributed by atoms with van der Waals surface area (Å²) in [5.41, 5.74) is 0. The molecular weight excluding hydrogens is 250 g/mol. The molecule has 0 aromatic carbocycles. The fraction of sp³-hybridized carbons (Fsp3) is 0.500. The fourth-order valence-electron chi connectivity index (χ4n) is 1.69. The first-order valence-corrected chi connectivity index (χ1v) is 7.67. The third-order valence-electron chi connectivity index (χ3n) is 2.76. The smallest absolute Gasteiger partial charge is 0.122 e. The minimum Gasteiger partial charge on any atom is -0.314 e. The third-order valence-corrected chi connectivity index (χ3v) is 4.62. The van der Waals surface area contributed by atoms with Crippen molar-refractivity contribution in [3.63, 3.8) is 0 Å².